The highest BCUT2D eigenvalue weighted by atomic mass is 35.5. The molecule has 3 nitrogen and oxygen atoms in total. The summed E-state index contributed by atoms with van der Waals surface area (Å²) in [5, 5.41) is 10.0. The molecule has 0 fully saturated rings. The standard InChI is InChI=1S/C15H12Cl2N2O/c1-2-7-19-14(6-3-10(9-18)15(19)20)12-8-11(16)4-5-13(12)17/h3-6,8H,2,7H2,1H3. The van der Waals surface area contributed by atoms with Crippen molar-refractivity contribution in [1.82, 2.24) is 4.57 Å². The second-order valence-corrected chi connectivity index (χ2v) is 5.17. The Balaban J connectivity index is 2.74. The van der Waals surface area contributed by atoms with Gasteiger partial charge < -0.3 is 4.57 Å². The van der Waals surface area contributed by atoms with Crippen LogP contribution < -0.4 is 5.56 Å². The van der Waals surface area contributed by atoms with Crippen LogP contribution in [0.5, 0.6) is 0 Å². The lowest BCUT2D eigenvalue weighted by Crippen LogP contribution is -2.24. The highest BCUT2D eigenvalue weighted by Crippen LogP contribution is 2.30. The topological polar surface area (TPSA) is 45.8 Å². The van der Waals surface area contributed by atoms with Crippen LogP contribution in [0.4, 0.5) is 0 Å². The molecule has 0 radical (unpaired) electrons. The van der Waals surface area contributed by atoms with Gasteiger partial charge in [-0.15, -0.1) is 0 Å². The molecule has 0 amide bonds. The normalized spacial score (nSPS) is 10.3. The van der Waals surface area contributed by atoms with Crippen LogP contribution in [0.25, 0.3) is 11.3 Å². The molecule has 0 aliphatic heterocycles. The van der Waals surface area contributed by atoms with Gasteiger partial charge in [-0.2, -0.15) is 5.26 Å². The Bertz CT molecular complexity index is 745. The minimum absolute atomic E-state index is 0.125. The van der Waals surface area contributed by atoms with Crippen LogP contribution in [0.2, 0.25) is 10.0 Å². The van der Waals surface area contributed by atoms with Crippen molar-refractivity contribution in [2.45, 2.75) is 19.9 Å². The van der Waals surface area contributed by atoms with Gasteiger partial charge in [-0.3, -0.25) is 4.79 Å². The Morgan fingerprint density at radius 2 is 2.00 bits per heavy atom. The monoisotopic (exact) mass is 306 g/mol. The molecular weight excluding hydrogens is 295 g/mol. The van der Waals surface area contributed by atoms with Crippen LogP contribution >= 0.6 is 23.2 Å². The summed E-state index contributed by atoms with van der Waals surface area (Å²) < 4.78 is 1.57. The molecule has 0 spiro atoms. The lowest BCUT2D eigenvalue weighted by Gasteiger charge is -2.14. The third kappa shape index (κ3) is 2.72. The van der Waals surface area contributed by atoms with Crippen LogP contribution in [-0.2, 0) is 6.54 Å². The van der Waals surface area contributed by atoms with Gasteiger partial charge in [0.25, 0.3) is 5.56 Å². The van der Waals surface area contributed by atoms with Crippen molar-refractivity contribution in [3.8, 4) is 17.3 Å². The minimum Gasteiger partial charge on any atom is -0.307 e. The quantitative estimate of drug-likeness (QED) is 0.857. The number of hydrogen-bond donors (Lipinski definition) is 0. The summed E-state index contributed by atoms with van der Waals surface area (Å²) in [6.07, 6.45) is 0.778. The van der Waals surface area contributed by atoms with Crippen LogP contribution in [0.1, 0.15) is 18.9 Å². The lowest BCUT2D eigenvalue weighted by atomic mass is 10.1. The van der Waals surface area contributed by atoms with Gasteiger partial charge in [-0.1, -0.05) is 30.1 Å². The van der Waals surface area contributed by atoms with Crippen LogP contribution in [0.3, 0.4) is 0 Å². The number of aromatic nitrogens is 1. The lowest BCUT2D eigenvalue weighted by molar-refractivity contribution is 0.659. The van der Waals surface area contributed by atoms with Gasteiger partial charge in [0, 0.05) is 22.2 Å². The van der Waals surface area contributed by atoms with Crippen molar-refractivity contribution in [1.29, 1.82) is 5.26 Å². The molecule has 2 aromatic rings. The van der Waals surface area contributed by atoms with E-state index in [0.717, 1.165) is 6.42 Å². The highest BCUT2D eigenvalue weighted by Gasteiger charge is 2.12. The third-order valence-corrected chi connectivity index (χ3v) is 3.51. The van der Waals surface area contributed by atoms with Gasteiger partial charge in [0.2, 0.25) is 0 Å². The van der Waals surface area contributed by atoms with Crippen molar-refractivity contribution in [2.24, 2.45) is 0 Å². The fourth-order valence-corrected chi connectivity index (χ4v) is 2.42. The zero-order chi connectivity index (χ0) is 14.7. The molecule has 0 bridgehead atoms. The highest BCUT2D eigenvalue weighted by molar-refractivity contribution is 6.35. The number of nitrogens with zero attached hydrogens (tertiary/aromatic N) is 2. The summed E-state index contributed by atoms with van der Waals surface area (Å²) in [5.74, 6) is 0. The van der Waals surface area contributed by atoms with E-state index in [9.17, 15) is 4.79 Å². The van der Waals surface area contributed by atoms with Gasteiger partial charge in [-0.25, -0.2) is 0 Å². The van der Waals surface area contributed by atoms with Gasteiger partial charge in [0.1, 0.15) is 11.6 Å². The average molecular weight is 307 g/mol. The Kier molecular flexibility index (Phi) is 4.49. The van der Waals surface area contributed by atoms with E-state index in [1.165, 1.54) is 6.07 Å². The molecule has 2 rings (SSSR count). The maximum absolute atomic E-state index is 12.2. The predicted octanol–water partition coefficient (Wildman–Crippen LogP) is 4.10. The fourth-order valence-electron chi connectivity index (χ4n) is 2.04. The SMILES string of the molecule is CCCn1c(-c2cc(Cl)ccc2Cl)ccc(C#N)c1=O. The van der Waals surface area contributed by atoms with Crippen molar-refractivity contribution >= 4 is 23.2 Å². The molecule has 0 saturated carbocycles. The second-order valence-electron chi connectivity index (χ2n) is 4.33. The number of hydrogen-bond acceptors (Lipinski definition) is 2. The van der Waals surface area contributed by atoms with Crippen LogP contribution in [0.15, 0.2) is 35.1 Å². The van der Waals surface area contributed by atoms with E-state index in [-0.39, 0.29) is 11.1 Å². The van der Waals surface area contributed by atoms with E-state index in [0.29, 0.717) is 27.8 Å². The minimum atomic E-state index is -0.303. The first-order valence-corrected chi connectivity index (χ1v) is 6.93. The molecule has 0 atom stereocenters. The molecule has 1 aromatic heterocycles. The summed E-state index contributed by atoms with van der Waals surface area (Å²) >= 11 is 12.2. The second kappa shape index (κ2) is 6.13. The first-order valence-electron chi connectivity index (χ1n) is 6.17. The number of nitriles is 1. The van der Waals surface area contributed by atoms with Gasteiger partial charge in [-0.05, 0) is 36.8 Å². The average Bonchev–Trinajstić information content (AvgIpc) is 2.44. The summed E-state index contributed by atoms with van der Waals surface area (Å²) in [7, 11) is 0. The molecular formula is C15H12Cl2N2O. The molecule has 0 aliphatic carbocycles. The Hall–Kier alpha value is -1.76. The van der Waals surface area contributed by atoms with Crippen molar-refractivity contribution in [2.75, 3.05) is 0 Å². The maximum Gasteiger partial charge on any atom is 0.268 e. The molecule has 102 valence electrons. The number of rotatable bonds is 3. The molecule has 0 saturated heterocycles. The van der Waals surface area contributed by atoms with Gasteiger partial charge in [0.15, 0.2) is 0 Å². The number of benzene rings is 1. The zero-order valence-corrected chi connectivity index (χ0v) is 12.4. The smallest absolute Gasteiger partial charge is 0.268 e. The Morgan fingerprint density at radius 1 is 1.25 bits per heavy atom. The first kappa shape index (κ1) is 14.6. The van der Waals surface area contributed by atoms with Crippen molar-refractivity contribution in [3.05, 3.63) is 56.3 Å². The molecule has 0 unspecified atom stereocenters. The van der Waals surface area contributed by atoms with E-state index in [1.54, 1.807) is 28.8 Å². The summed E-state index contributed by atoms with van der Waals surface area (Å²) in [6, 6.07) is 10.3. The van der Waals surface area contributed by atoms with Crippen LogP contribution in [-0.4, -0.2) is 4.57 Å². The first-order chi connectivity index (χ1) is 9.58. The molecule has 1 aromatic carbocycles. The van der Waals surface area contributed by atoms with E-state index in [4.69, 9.17) is 28.5 Å². The van der Waals surface area contributed by atoms with E-state index < -0.39 is 0 Å². The third-order valence-electron chi connectivity index (χ3n) is 2.95. The Morgan fingerprint density at radius 3 is 2.65 bits per heavy atom. The zero-order valence-electron chi connectivity index (χ0n) is 10.9. The van der Waals surface area contributed by atoms with E-state index >= 15 is 0 Å². The van der Waals surface area contributed by atoms with Gasteiger partial charge in [0.05, 0.1) is 5.69 Å². The number of halogens is 2. The molecule has 0 aliphatic rings. The molecule has 0 N–H and O–H groups in total. The molecule has 5 heteroatoms. The summed E-state index contributed by atoms with van der Waals surface area (Å²) in [6.45, 7) is 2.49. The van der Waals surface area contributed by atoms with E-state index in [2.05, 4.69) is 0 Å². The van der Waals surface area contributed by atoms with Crippen LogP contribution in [0, 0.1) is 11.3 Å². The molecule has 20 heavy (non-hydrogen) atoms. The summed E-state index contributed by atoms with van der Waals surface area (Å²) in [4.78, 5) is 12.2. The summed E-state index contributed by atoms with van der Waals surface area (Å²) in [5.41, 5.74) is 1.18. The van der Waals surface area contributed by atoms with Crippen molar-refractivity contribution < 1.29 is 0 Å². The largest absolute Gasteiger partial charge is 0.307 e. The maximum atomic E-state index is 12.2. The fraction of sp³-hybridized carbons (Fsp3) is 0.200. The molecule has 1 heterocycles. The van der Waals surface area contributed by atoms with Gasteiger partial charge >= 0.3 is 0 Å². The van der Waals surface area contributed by atoms with E-state index in [1.807, 2.05) is 13.0 Å². The van der Waals surface area contributed by atoms with Crippen molar-refractivity contribution in [3.63, 3.8) is 0 Å². The Labute approximate surface area is 127 Å². The predicted molar refractivity (Wildman–Crippen MR) is 81.2 cm³/mol. The number of pyridine rings is 1.